The minimum atomic E-state index is -4.30. The van der Waals surface area contributed by atoms with Gasteiger partial charge in [0.1, 0.15) is 36.3 Å². The lowest BCUT2D eigenvalue weighted by Gasteiger charge is -2.26. The van der Waals surface area contributed by atoms with Crippen molar-refractivity contribution in [3.05, 3.63) is 37.3 Å². The molecule has 0 radical (unpaired) electrons. The molecule has 1 saturated heterocycles. The van der Waals surface area contributed by atoms with Gasteiger partial charge in [0.25, 0.3) is 0 Å². The molecular formula is C16H20FN6O5P. The molecule has 0 aliphatic carbocycles. The van der Waals surface area contributed by atoms with Crippen molar-refractivity contribution in [3.63, 3.8) is 0 Å². The fraction of sp³-hybridized carbons (Fsp3) is 0.438. The highest BCUT2D eigenvalue weighted by molar-refractivity contribution is 7.51. The number of hydrogen-bond acceptors (Lipinski definition) is 8. The Hall–Kier alpha value is -2.37. The highest BCUT2D eigenvalue weighted by Crippen LogP contribution is 2.49. The quantitative estimate of drug-likeness (QED) is 0.512. The van der Waals surface area contributed by atoms with Gasteiger partial charge in [-0.2, -0.15) is 0 Å². The van der Waals surface area contributed by atoms with E-state index in [1.807, 2.05) is 0 Å². The standard InChI is InChI=1S/C16H20FN6O5P/c1-9(28-29(25,26)22-6-4-19-8-22)11-12(24)16(2,17)15(27-11)23-5-3-10-13(18)20-7-21-14(10)23/h3-9,11-12,15,24H,1-2H3,(H,25,26)(H2,18,20,21)/t9?,11-,12-,15?,16-/m1/s1. The van der Waals surface area contributed by atoms with Gasteiger partial charge in [-0.1, -0.05) is 0 Å². The fourth-order valence-electron chi connectivity index (χ4n) is 3.44. The van der Waals surface area contributed by atoms with Gasteiger partial charge in [-0.15, -0.1) is 0 Å². The molecule has 0 bridgehead atoms. The summed E-state index contributed by atoms with van der Waals surface area (Å²) < 4.78 is 41.2. The molecule has 156 valence electrons. The van der Waals surface area contributed by atoms with Crippen molar-refractivity contribution in [1.82, 2.24) is 23.9 Å². The number of fused-ring (bicyclic) bond motifs is 1. The van der Waals surface area contributed by atoms with E-state index in [9.17, 15) is 14.6 Å². The largest absolute Gasteiger partial charge is 0.437 e. The first-order chi connectivity index (χ1) is 13.6. The second kappa shape index (κ2) is 6.85. The van der Waals surface area contributed by atoms with Gasteiger partial charge >= 0.3 is 7.75 Å². The second-order valence-corrected chi connectivity index (χ2v) is 8.67. The Bertz CT molecular complexity index is 1070. The molecule has 0 saturated carbocycles. The summed E-state index contributed by atoms with van der Waals surface area (Å²) in [6, 6.07) is 1.62. The Kier molecular flexibility index (Phi) is 4.71. The summed E-state index contributed by atoms with van der Waals surface area (Å²) >= 11 is 0. The van der Waals surface area contributed by atoms with Crippen molar-refractivity contribution in [1.29, 1.82) is 0 Å². The lowest BCUT2D eigenvalue weighted by Crippen LogP contribution is -2.43. The number of nitrogens with zero attached hydrogens (tertiary/aromatic N) is 5. The number of nitrogens with two attached hydrogens (primary N) is 1. The maximum Gasteiger partial charge on any atom is 0.437 e. The number of alkyl halides is 1. The van der Waals surface area contributed by atoms with E-state index in [1.165, 1.54) is 43.3 Å². The summed E-state index contributed by atoms with van der Waals surface area (Å²) in [4.78, 5) is 21.8. The summed E-state index contributed by atoms with van der Waals surface area (Å²) in [5, 5.41) is 11.1. The van der Waals surface area contributed by atoms with E-state index in [1.54, 1.807) is 6.07 Å². The van der Waals surface area contributed by atoms with Crippen molar-refractivity contribution in [3.8, 4) is 0 Å². The topological polar surface area (TPSA) is 151 Å². The summed E-state index contributed by atoms with van der Waals surface area (Å²) in [5.41, 5.74) is 3.90. The lowest BCUT2D eigenvalue weighted by atomic mass is 9.96. The Labute approximate surface area is 164 Å². The molecule has 3 unspecified atom stereocenters. The molecule has 3 aromatic rings. The first kappa shape index (κ1) is 19.9. The van der Waals surface area contributed by atoms with E-state index in [0.29, 0.717) is 11.0 Å². The molecule has 0 amide bonds. The summed E-state index contributed by atoms with van der Waals surface area (Å²) in [6.07, 6.45) is 1.22. The number of aliphatic hydroxyl groups excluding tert-OH is 1. The van der Waals surface area contributed by atoms with Crippen LogP contribution in [0.5, 0.6) is 0 Å². The Balaban J connectivity index is 1.62. The van der Waals surface area contributed by atoms with E-state index in [0.717, 1.165) is 10.7 Å². The second-order valence-electron chi connectivity index (χ2n) is 7.01. The third-order valence-corrected chi connectivity index (χ3v) is 6.43. The van der Waals surface area contributed by atoms with Crippen LogP contribution in [0.15, 0.2) is 37.3 Å². The minimum absolute atomic E-state index is 0.225. The van der Waals surface area contributed by atoms with Crippen molar-refractivity contribution >= 4 is 24.6 Å². The number of aliphatic hydroxyl groups is 1. The van der Waals surface area contributed by atoms with Gasteiger partial charge in [-0.05, 0) is 19.9 Å². The molecule has 0 aromatic carbocycles. The molecule has 3 aromatic heterocycles. The highest BCUT2D eigenvalue weighted by Gasteiger charge is 2.57. The van der Waals surface area contributed by atoms with Gasteiger partial charge in [-0.3, -0.25) is 4.52 Å². The third-order valence-electron chi connectivity index (χ3n) is 5.00. The number of aromatic nitrogens is 5. The van der Waals surface area contributed by atoms with Crippen molar-refractivity contribution in [2.45, 2.75) is 44.1 Å². The van der Waals surface area contributed by atoms with E-state index in [-0.39, 0.29) is 5.82 Å². The molecule has 1 fully saturated rings. The van der Waals surface area contributed by atoms with Crippen LogP contribution in [0.4, 0.5) is 10.2 Å². The zero-order valence-corrected chi connectivity index (χ0v) is 16.4. The number of imidazole rings is 1. The summed E-state index contributed by atoms with van der Waals surface area (Å²) in [6.45, 7) is 2.60. The zero-order chi connectivity index (χ0) is 21.0. The zero-order valence-electron chi connectivity index (χ0n) is 15.5. The third kappa shape index (κ3) is 3.22. The fourth-order valence-corrected chi connectivity index (χ4v) is 4.52. The van der Waals surface area contributed by atoms with Crippen molar-refractivity contribution < 1.29 is 28.2 Å². The molecule has 13 heteroatoms. The van der Waals surface area contributed by atoms with Crippen LogP contribution in [0, 0.1) is 0 Å². The molecule has 1 aliphatic heterocycles. The minimum Gasteiger partial charge on any atom is -0.387 e. The van der Waals surface area contributed by atoms with Crippen LogP contribution in [-0.4, -0.2) is 57.8 Å². The average molecular weight is 426 g/mol. The SMILES string of the molecule is CC(OP(=O)(O)n1ccnc1)[C@H]1OC(n2ccc3c(N)ncnc32)[C@](C)(F)[C@@H]1O. The predicted octanol–water partition coefficient (Wildman–Crippen LogP) is 1.25. The average Bonchev–Trinajstić information content (AvgIpc) is 3.36. The Morgan fingerprint density at radius 1 is 1.45 bits per heavy atom. The molecule has 6 atom stereocenters. The smallest absolute Gasteiger partial charge is 0.387 e. The van der Waals surface area contributed by atoms with Crippen LogP contribution in [0.25, 0.3) is 11.0 Å². The molecule has 1 aliphatic rings. The maximum atomic E-state index is 15.5. The Morgan fingerprint density at radius 2 is 2.21 bits per heavy atom. The number of anilines is 1. The van der Waals surface area contributed by atoms with Crippen molar-refractivity contribution in [2.24, 2.45) is 0 Å². The number of hydrogen-bond donors (Lipinski definition) is 3. The van der Waals surface area contributed by atoms with E-state index < -0.39 is 38.0 Å². The van der Waals surface area contributed by atoms with Crippen molar-refractivity contribution in [2.75, 3.05) is 5.73 Å². The Morgan fingerprint density at radius 3 is 2.90 bits per heavy atom. The van der Waals surface area contributed by atoms with Crippen LogP contribution in [0.1, 0.15) is 20.1 Å². The van der Waals surface area contributed by atoms with E-state index >= 15 is 4.39 Å². The van der Waals surface area contributed by atoms with Gasteiger partial charge < -0.3 is 25.0 Å². The van der Waals surface area contributed by atoms with Crippen LogP contribution >= 0.6 is 7.75 Å². The number of rotatable bonds is 5. The molecule has 0 spiro atoms. The molecule has 4 heterocycles. The van der Waals surface area contributed by atoms with Gasteiger partial charge in [0.15, 0.2) is 11.9 Å². The van der Waals surface area contributed by atoms with Crippen LogP contribution < -0.4 is 5.73 Å². The normalized spacial score (nSPS) is 30.4. The summed E-state index contributed by atoms with van der Waals surface area (Å²) in [7, 11) is -4.30. The molecule has 4 rings (SSSR count). The number of nitrogen functional groups attached to an aromatic ring is 1. The molecular weight excluding hydrogens is 406 g/mol. The number of halogens is 1. The predicted molar refractivity (Wildman–Crippen MR) is 99.4 cm³/mol. The molecule has 29 heavy (non-hydrogen) atoms. The number of ether oxygens (including phenoxy) is 1. The monoisotopic (exact) mass is 426 g/mol. The van der Waals surface area contributed by atoms with Gasteiger partial charge in [0.2, 0.25) is 0 Å². The van der Waals surface area contributed by atoms with Crippen LogP contribution in [-0.2, 0) is 13.8 Å². The summed E-state index contributed by atoms with van der Waals surface area (Å²) in [5.74, 6) is 0.225. The first-order valence-electron chi connectivity index (χ1n) is 8.72. The van der Waals surface area contributed by atoms with Gasteiger partial charge in [0.05, 0.1) is 11.5 Å². The van der Waals surface area contributed by atoms with E-state index in [2.05, 4.69) is 15.0 Å². The highest BCUT2D eigenvalue weighted by atomic mass is 31.2. The van der Waals surface area contributed by atoms with Crippen LogP contribution in [0.3, 0.4) is 0 Å². The van der Waals surface area contributed by atoms with Crippen LogP contribution in [0.2, 0.25) is 0 Å². The lowest BCUT2D eigenvalue weighted by molar-refractivity contribution is -0.0749. The molecule has 4 N–H and O–H groups in total. The van der Waals surface area contributed by atoms with Gasteiger partial charge in [-0.25, -0.2) is 28.2 Å². The van der Waals surface area contributed by atoms with E-state index in [4.69, 9.17) is 15.0 Å². The maximum absolute atomic E-state index is 15.5. The van der Waals surface area contributed by atoms with Gasteiger partial charge in [0, 0.05) is 18.6 Å². The first-order valence-corrected chi connectivity index (χ1v) is 10.3. The molecule has 11 nitrogen and oxygen atoms in total.